The Labute approximate surface area is 175 Å². The third kappa shape index (κ3) is 2.83. The minimum Gasteiger partial charge on any atom is -0.497 e. The summed E-state index contributed by atoms with van der Waals surface area (Å²) in [4.78, 5) is 17.8. The monoisotopic (exact) mass is 404 g/mol. The van der Waals surface area contributed by atoms with Crippen LogP contribution < -0.4 is 4.74 Å². The van der Waals surface area contributed by atoms with Crippen LogP contribution >= 0.6 is 0 Å². The van der Waals surface area contributed by atoms with E-state index in [0.29, 0.717) is 13.1 Å². The van der Waals surface area contributed by atoms with Gasteiger partial charge in [0.25, 0.3) is 0 Å². The Kier molecular flexibility index (Phi) is 4.42. The molecule has 2 aliphatic rings. The lowest BCUT2D eigenvalue weighted by Gasteiger charge is -2.51. The van der Waals surface area contributed by atoms with Crippen LogP contribution in [-0.4, -0.2) is 36.0 Å². The van der Waals surface area contributed by atoms with E-state index in [9.17, 15) is 9.18 Å². The highest BCUT2D eigenvalue weighted by atomic mass is 19.1. The molecule has 3 aromatic rings. The van der Waals surface area contributed by atoms with Crippen LogP contribution in [0.5, 0.6) is 5.75 Å². The Hall–Kier alpha value is -3.08. The lowest BCUT2D eigenvalue weighted by atomic mass is 9.58. The van der Waals surface area contributed by atoms with Crippen LogP contribution in [0.4, 0.5) is 4.39 Å². The smallest absolute Gasteiger partial charge is 0.245 e. The van der Waals surface area contributed by atoms with Gasteiger partial charge in [-0.25, -0.2) is 4.39 Å². The summed E-state index contributed by atoms with van der Waals surface area (Å²) < 4.78 is 19.5. The molecule has 2 heterocycles. The summed E-state index contributed by atoms with van der Waals surface area (Å²) in [5.74, 6) is 0.831. The number of likely N-dealkylation sites (tertiary alicyclic amines) is 1. The number of amides is 1. The van der Waals surface area contributed by atoms with Crippen molar-refractivity contribution >= 4 is 16.8 Å². The summed E-state index contributed by atoms with van der Waals surface area (Å²) in [5, 5.41) is 0.955. The summed E-state index contributed by atoms with van der Waals surface area (Å²) in [6.45, 7) is 5.03. The van der Waals surface area contributed by atoms with Crippen LogP contribution in [0, 0.1) is 11.7 Å². The molecule has 0 spiro atoms. The molecule has 1 saturated heterocycles. The number of nitrogens with one attached hydrogen (secondary N) is 1. The maximum Gasteiger partial charge on any atom is 0.245 e. The number of aromatic nitrogens is 1. The van der Waals surface area contributed by atoms with Crippen molar-refractivity contribution < 1.29 is 13.9 Å². The van der Waals surface area contributed by atoms with Crippen molar-refractivity contribution in [3.63, 3.8) is 0 Å². The summed E-state index contributed by atoms with van der Waals surface area (Å²) in [7, 11) is 1.69. The van der Waals surface area contributed by atoms with E-state index < -0.39 is 0 Å². The first-order chi connectivity index (χ1) is 14.5. The molecule has 1 aliphatic carbocycles. The van der Waals surface area contributed by atoms with Crippen LogP contribution in [0.3, 0.4) is 0 Å². The van der Waals surface area contributed by atoms with Gasteiger partial charge < -0.3 is 14.6 Å². The zero-order chi connectivity index (χ0) is 20.9. The number of fused-ring (bicyclic) bond motifs is 4. The predicted octanol–water partition coefficient (Wildman–Crippen LogP) is 4.39. The molecule has 5 rings (SSSR count). The Bertz CT molecular complexity index is 1150. The first-order valence-electron chi connectivity index (χ1n) is 10.4. The Morgan fingerprint density at radius 1 is 1.33 bits per heavy atom. The fraction of sp³-hybridized carbons (Fsp3) is 0.320. The zero-order valence-electron chi connectivity index (χ0n) is 17.1. The highest BCUT2D eigenvalue weighted by Crippen LogP contribution is 2.49. The maximum absolute atomic E-state index is 14.0. The second-order valence-corrected chi connectivity index (χ2v) is 8.48. The molecule has 0 radical (unpaired) electrons. The second-order valence-electron chi connectivity index (χ2n) is 8.48. The maximum atomic E-state index is 14.0. The number of hydrogen-bond donors (Lipinski definition) is 1. The topological polar surface area (TPSA) is 45.3 Å². The summed E-state index contributed by atoms with van der Waals surface area (Å²) in [6, 6.07) is 13.2. The van der Waals surface area contributed by atoms with Gasteiger partial charge in [-0.05, 0) is 72.7 Å². The van der Waals surface area contributed by atoms with Gasteiger partial charge in [-0.15, -0.1) is 0 Å². The van der Waals surface area contributed by atoms with Gasteiger partial charge in [0.05, 0.1) is 7.11 Å². The molecule has 2 unspecified atom stereocenters. The van der Waals surface area contributed by atoms with E-state index in [4.69, 9.17) is 4.74 Å². The third-order valence-electron chi connectivity index (χ3n) is 7.08. The first kappa shape index (κ1) is 18.9. The number of carbonyl (C=O) groups excluding carboxylic acids is 1. The van der Waals surface area contributed by atoms with Crippen LogP contribution in [0.1, 0.15) is 23.2 Å². The Morgan fingerprint density at radius 2 is 2.20 bits per heavy atom. The summed E-state index contributed by atoms with van der Waals surface area (Å²) in [5.41, 5.74) is 4.48. The molecule has 154 valence electrons. The van der Waals surface area contributed by atoms with Gasteiger partial charge in [-0.2, -0.15) is 0 Å². The highest BCUT2D eigenvalue weighted by Gasteiger charge is 2.48. The Morgan fingerprint density at radius 3 is 3.00 bits per heavy atom. The number of piperidine rings is 1. The van der Waals surface area contributed by atoms with Crippen molar-refractivity contribution in [3.05, 3.63) is 77.8 Å². The van der Waals surface area contributed by atoms with Crippen LogP contribution in [0.15, 0.2) is 55.1 Å². The SMILES string of the molecule is C=CC(=O)N1CCC2(c3cccc(OC)c3)Cc3[nH]c4ccc(F)cc4c3CC2C1. The van der Waals surface area contributed by atoms with Gasteiger partial charge in [-0.3, -0.25) is 4.79 Å². The molecule has 4 nitrogen and oxygen atoms in total. The Balaban J connectivity index is 1.64. The largest absolute Gasteiger partial charge is 0.497 e. The predicted molar refractivity (Wildman–Crippen MR) is 115 cm³/mol. The minimum absolute atomic E-state index is 0.0231. The van der Waals surface area contributed by atoms with Gasteiger partial charge >= 0.3 is 0 Å². The van der Waals surface area contributed by atoms with Gasteiger partial charge in [0.1, 0.15) is 11.6 Å². The van der Waals surface area contributed by atoms with E-state index in [1.807, 2.05) is 23.1 Å². The standard InChI is InChI=1S/C25H25FN2O2/c1-3-24(29)28-10-9-25(16-5-4-6-19(11-16)30-2)14-23-20(12-17(25)15-28)21-13-18(26)7-8-22(21)27-23/h3-8,11,13,17,27H,1,9-10,12,14-15H2,2H3. The van der Waals surface area contributed by atoms with Crippen LogP contribution in [-0.2, 0) is 23.1 Å². The van der Waals surface area contributed by atoms with E-state index in [-0.39, 0.29) is 23.1 Å². The molecule has 0 saturated carbocycles. The van der Waals surface area contributed by atoms with Gasteiger partial charge in [0.15, 0.2) is 0 Å². The van der Waals surface area contributed by atoms with E-state index in [1.165, 1.54) is 29.0 Å². The van der Waals surface area contributed by atoms with Crippen molar-refractivity contribution in [3.8, 4) is 5.75 Å². The van der Waals surface area contributed by atoms with Crippen molar-refractivity contribution in [2.24, 2.45) is 5.92 Å². The lowest BCUT2D eigenvalue weighted by molar-refractivity contribution is -0.129. The fourth-order valence-electron chi connectivity index (χ4n) is 5.53. The number of aromatic amines is 1. The molecule has 1 fully saturated rings. The van der Waals surface area contributed by atoms with E-state index in [0.717, 1.165) is 35.9 Å². The molecule has 1 aliphatic heterocycles. The van der Waals surface area contributed by atoms with Gasteiger partial charge in [0, 0.05) is 35.1 Å². The number of carbonyl (C=O) groups is 1. The molecule has 5 heteroatoms. The number of halogens is 1. The molecule has 1 aromatic heterocycles. The molecular weight excluding hydrogens is 379 g/mol. The quantitative estimate of drug-likeness (QED) is 0.658. The second kappa shape index (κ2) is 7.01. The van der Waals surface area contributed by atoms with Gasteiger partial charge in [-0.1, -0.05) is 18.7 Å². The molecular formula is C25H25FN2O2. The molecule has 1 amide bonds. The van der Waals surface area contributed by atoms with E-state index in [1.54, 1.807) is 13.2 Å². The number of H-pyrrole nitrogens is 1. The highest BCUT2D eigenvalue weighted by molar-refractivity contribution is 5.87. The number of methoxy groups -OCH3 is 1. The molecule has 30 heavy (non-hydrogen) atoms. The summed E-state index contributed by atoms with van der Waals surface area (Å²) in [6.07, 6.45) is 3.91. The number of nitrogens with zero attached hydrogens (tertiary/aromatic N) is 1. The van der Waals surface area contributed by atoms with Crippen molar-refractivity contribution in [1.29, 1.82) is 0 Å². The lowest BCUT2D eigenvalue weighted by Crippen LogP contribution is -2.54. The van der Waals surface area contributed by atoms with Crippen molar-refractivity contribution in [1.82, 2.24) is 9.88 Å². The number of rotatable bonds is 3. The third-order valence-corrected chi connectivity index (χ3v) is 7.08. The molecule has 2 aromatic carbocycles. The van der Waals surface area contributed by atoms with Crippen molar-refractivity contribution in [2.75, 3.05) is 20.2 Å². The molecule has 1 N–H and O–H groups in total. The number of ether oxygens (including phenoxy) is 1. The number of benzene rings is 2. The average molecular weight is 404 g/mol. The van der Waals surface area contributed by atoms with Crippen LogP contribution in [0.25, 0.3) is 10.9 Å². The molecule has 0 bridgehead atoms. The van der Waals surface area contributed by atoms with Crippen LogP contribution in [0.2, 0.25) is 0 Å². The molecule has 2 atom stereocenters. The van der Waals surface area contributed by atoms with E-state index >= 15 is 0 Å². The van der Waals surface area contributed by atoms with E-state index in [2.05, 4.69) is 23.7 Å². The fourth-order valence-corrected chi connectivity index (χ4v) is 5.53. The zero-order valence-corrected chi connectivity index (χ0v) is 17.1. The minimum atomic E-state index is -0.221. The number of hydrogen-bond acceptors (Lipinski definition) is 2. The average Bonchev–Trinajstić information content (AvgIpc) is 3.12. The van der Waals surface area contributed by atoms with Gasteiger partial charge in [0.2, 0.25) is 5.91 Å². The first-order valence-corrected chi connectivity index (χ1v) is 10.4. The summed E-state index contributed by atoms with van der Waals surface area (Å²) >= 11 is 0. The normalized spacial score (nSPS) is 23.0. The van der Waals surface area contributed by atoms with Crippen molar-refractivity contribution in [2.45, 2.75) is 24.7 Å².